The Hall–Kier alpha value is -0.320. The highest BCUT2D eigenvalue weighted by molar-refractivity contribution is 6.42. The van der Waals surface area contributed by atoms with Crippen molar-refractivity contribution in [2.45, 2.75) is 31.9 Å². The monoisotopic (exact) mass is 276 g/mol. The second-order valence-electron chi connectivity index (χ2n) is 3.87. The van der Waals surface area contributed by atoms with Gasteiger partial charge in [0.15, 0.2) is 0 Å². The fourth-order valence-electron chi connectivity index (χ4n) is 1.86. The number of hydrogen-bond donors (Lipinski definition) is 2. The van der Waals surface area contributed by atoms with E-state index < -0.39 is 0 Å². The van der Waals surface area contributed by atoms with E-state index >= 15 is 0 Å². The van der Waals surface area contributed by atoms with Crippen molar-refractivity contribution in [3.8, 4) is 0 Å². The predicted molar refractivity (Wildman–Crippen MR) is 72.4 cm³/mol. The van der Waals surface area contributed by atoms with Crippen molar-refractivity contribution in [2.75, 3.05) is 7.11 Å². The van der Waals surface area contributed by atoms with Gasteiger partial charge >= 0.3 is 0 Å². The molecule has 1 aromatic carbocycles. The lowest BCUT2D eigenvalue weighted by Gasteiger charge is -2.24. The van der Waals surface area contributed by atoms with Crippen LogP contribution < -0.4 is 11.3 Å². The number of methoxy groups -OCH3 is 1. The molecule has 0 bridgehead atoms. The zero-order valence-corrected chi connectivity index (χ0v) is 11.6. The van der Waals surface area contributed by atoms with Gasteiger partial charge in [-0.25, -0.2) is 0 Å². The quantitative estimate of drug-likeness (QED) is 0.621. The Morgan fingerprint density at radius 1 is 1.41 bits per heavy atom. The molecule has 5 heteroatoms. The highest BCUT2D eigenvalue weighted by Gasteiger charge is 2.20. The molecule has 0 aliphatic rings. The van der Waals surface area contributed by atoms with Crippen molar-refractivity contribution in [2.24, 2.45) is 5.84 Å². The second kappa shape index (κ2) is 7.19. The third-order valence-electron chi connectivity index (χ3n) is 2.84. The van der Waals surface area contributed by atoms with E-state index in [0.29, 0.717) is 16.5 Å². The first-order valence-corrected chi connectivity index (χ1v) is 6.31. The Kier molecular flexibility index (Phi) is 6.23. The molecule has 1 aromatic rings. The number of hydrazine groups is 1. The molecule has 0 radical (unpaired) electrons. The lowest BCUT2D eigenvalue weighted by atomic mass is 10.00. The lowest BCUT2D eigenvalue weighted by molar-refractivity contribution is 0.0654. The maximum absolute atomic E-state index is 6.14. The fourth-order valence-corrected chi connectivity index (χ4v) is 2.25. The summed E-state index contributed by atoms with van der Waals surface area (Å²) in [6.45, 7) is 2.05. The number of rotatable bonds is 6. The summed E-state index contributed by atoms with van der Waals surface area (Å²) in [6, 6.07) is 5.61. The second-order valence-corrected chi connectivity index (χ2v) is 4.66. The summed E-state index contributed by atoms with van der Waals surface area (Å²) in [5, 5.41) is 1.14. The Labute approximate surface area is 112 Å². The van der Waals surface area contributed by atoms with Gasteiger partial charge in [-0.05, 0) is 24.5 Å². The average molecular weight is 277 g/mol. The van der Waals surface area contributed by atoms with E-state index in [1.54, 1.807) is 13.2 Å². The van der Waals surface area contributed by atoms with E-state index in [-0.39, 0.29) is 12.1 Å². The van der Waals surface area contributed by atoms with Gasteiger partial charge in [-0.3, -0.25) is 11.3 Å². The molecule has 0 aromatic heterocycles. The van der Waals surface area contributed by atoms with Gasteiger partial charge < -0.3 is 4.74 Å². The van der Waals surface area contributed by atoms with E-state index in [1.807, 2.05) is 12.1 Å². The molecule has 0 aliphatic heterocycles. The van der Waals surface area contributed by atoms with Gasteiger partial charge in [-0.15, -0.1) is 0 Å². The van der Waals surface area contributed by atoms with Crippen LogP contribution >= 0.6 is 23.2 Å². The Morgan fingerprint density at radius 2 is 2.12 bits per heavy atom. The van der Waals surface area contributed by atoms with Crippen molar-refractivity contribution in [3.05, 3.63) is 33.8 Å². The van der Waals surface area contributed by atoms with Crippen LogP contribution in [0.2, 0.25) is 10.0 Å². The summed E-state index contributed by atoms with van der Waals surface area (Å²) in [5.41, 5.74) is 3.74. The zero-order valence-electron chi connectivity index (χ0n) is 10.0. The zero-order chi connectivity index (χ0) is 12.8. The minimum Gasteiger partial charge on any atom is -0.380 e. The molecule has 2 atom stereocenters. The van der Waals surface area contributed by atoms with Crippen LogP contribution in [-0.4, -0.2) is 19.3 Å². The van der Waals surface area contributed by atoms with Crippen molar-refractivity contribution >= 4 is 23.2 Å². The van der Waals surface area contributed by atoms with Gasteiger partial charge in [0.25, 0.3) is 0 Å². The standard InChI is InChI=1S/C12H18Cl2N2O/c1-3-11(17-2)10(16-15)7-8-5-4-6-9(13)12(8)14/h4-6,10-11,16H,3,7,15H2,1-2H3. The summed E-state index contributed by atoms with van der Waals surface area (Å²) in [6.07, 6.45) is 1.61. The van der Waals surface area contributed by atoms with Crippen molar-refractivity contribution < 1.29 is 4.74 Å². The lowest BCUT2D eigenvalue weighted by Crippen LogP contribution is -2.46. The molecule has 0 amide bonds. The highest BCUT2D eigenvalue weighted by Crippen LogP contribution is 2.27. The fraction of sp³-hybridized carbons (Fsp3) is 0.500. The third-order valence-corrected chi connectivity index (χ3v) is 3.70. The molecule has 0 aliphatic carbocycles. The van der Waals surface area contributed by atoms with Crippen LogP contribution in [0, 0.1) is 0 Å². The van der Waals surface area contributed by atoms with E-state index in [9.17, 15) is 0 Å². The van der Waals surface area contributed by atoms with Crippen LogP contribution in [0.15, 0.2) is 18.2 Å². The van der Waals surface area contributed by atoms with Crippen molar-refractivity contribution in [3.63, 3.8) is 0 Å². The maximum Gasteiger partial charge on any atom is 0.0738 e. The molecule has 3 nitrogen and oxygen atoms in total. The maximum atomic E-state index is 6.14. The number of ether oxygens (including phenoxy) is 1. The third kappa shape index (κ3) is 3.83. The normalized spacial score (nSPS) is 14.6. The SMILES string of the molecule is CCC(OC)C(Cc1cccc(Cl)c1Cl)NN. The summed E-state index contributed by atoms with van der Waals surface area (Å²) in [7, 11) is 1.68. The number of nitrogens with two attached hydrogens (primary N) is 1. The molecule has 1 rings (SSSR count). The van der Waals surface area contributed by atoms with Crippen LogP contribution in [0.1, 0.15) is 18.9 Å². The van der Waals surface area contributed by atoms with Crippen LogP contribution in [0.5, 0.6) is 0 Å². The van der Waals surface area contributed by atoms with E-state index in [1.165, 1.54) is 0 Å². The minimum atomic E-state index is 0.0148. The molecule has 0 spiro atoms. The molecule has 3 N–H and O–H groups in total. The molecule has 17 heavy (non-hydrogen) atoms. The molecular formula is C12H18Cl2N2O. The summed E-state index contributed by atoms with van der Waals surface area (Å²) in [4.78, 5) is 0. The van der Waals surface area contributed by atoms with Crippen LogP contribution in [0.3, 0.4) is 0 Å². The summed E-state index contributed by atoms with van der Waals surface area (Å²) < 4.78 is 5.38. The Bertz CT molecular complexity index is 356. The van der Waals surface area contributed by atoms with Gasteiger partial charge in [-0.2, -0.15) is 0 Å². The number of nitrogens with one attached hydrogen (secondary N) is 1. The first-order valence-electron chi connectivity index (χ1n) is 5.55. The molecular weight excluding hydrogens is 259 g/mol. The summed E-state index contributed by atoms with van der Waals surface area (Å²) in [5.74, 6) is 5.55. The average Bonchev–Trinajstić information content (AvgIpc) is 2.34. The van der Waals surface area contributed by atoms with E-state index in [4.69, 9.17) is 33.8 Å². The molecule has 0 heterocycles. The van der Waals surface area contributed by atoms with Gasteiger partial charge in [0.2, 0.25) is 0 Å². The van der Waals surface area contributed by atoms with Gasteiger partial charge in [0.1, 0.15) is 0 Å². The molecule has 2 unspecified atom stereocenters. The topological polar surface area (TPSA) is 47.3 Å². The van der Waals surface area contributed by atoms with E-state index in [2.05, 4.69) is 12.3 Å². The first kappa shape index (κ1) is 14.7. The molecule has 96 valence electrons. The minimum absolute atomic E-state index is 0.0148. The number of benzene rings is 1. The van der Waals surface area contributed by atoms with Gasteiger partial charge in [-0.1, -0.05) is 42.3 Å². The van der Waals surface area contributed by atoms with Crippen molar-refractivity contribution in [1.29, 1.82) is 0 Å². The predicted octanol–water partition coefficient (Wildman–Crippen LogP) is 2.79. The van der Waals surface area contributed by atoms with Crippen LogP contribution in [-0.2, 0) is 11.2 Å². The van der Waals surface area contributed by atoms with E-state index in [0.717, 1.165) is 12.0 Å². The highest BCUT2D eigenvalue weighted by atomic mass is 35.5. The van der Waals surface area contributed by atoms with Gasteiger partial charge in [0.05, 0.1) is 22.2 Å². The molecule has 0 saturated carbocycles. The molecule has 0 saturated heterocycles. The Balaban J connectivity index is 2.83. The summed E-state index contributed by atoms with van der Waals surface area (Å²) >= 11 is 12.1. The van der Waals surface area contributed by atoms with Crippen LogP contribution in [0.4, 0.5) is 0 Å². The smallest absolute Gasteiger partial charge is 0.0738 e. The van der Waals surface area contributed by atoms with Crippen LogP contribution in [0.25, 0.3) is 0 Å². The van der Waals surface area contributed by atoms with Crippen molar-refractivity contribution in [1.82, 2.24) is 5.43 Å². The number of halogens is 2. The first-order chi connectivity index (χ1) is 8.13. The van der Waals surface area contributed by atoms with Gasteiger partial charge in [0, 0.05) is 7.11 Å². The molecule has 0 fully saturated rings. The largest absolute Gasteiger partial charge is 0.380 e. The Morgan fingerprint density at radius 3 is 2.65 bits per heavy atom. The number of hydrogen-bond acceptors (Lipinski definition) is 3.